The van der Waals surface area contributed by atoms with Crippen molar-refractivity contribution in [3.8, 4) is 0 Å². The number of nitrogens with zero attached hydrogens (tertiary/aromatic N) is 4. The largest absolute Gasteiger partial charge is 0.351 e. The number of carbonyl (C=O) groups is 2. The van der Waals surface area contributed by atoms with Crippen LogP contribution in [0.25, 0.3) is 10.2 Å². The van der Waals surface area contributed by atoms with Crippen molar-refractivity contribution in [3.05, 3.63) is 22.7 Å². The lowest BCUT2D eigenvalue weighted by molar-refractivity contribution is -0.134. The Bertz CT molecular complexity index is 1050. The zero-order valence-corrected chi connectivity index (χ0v) is 21.8. The lowest BCUT2D eigenvalue weighted by Gasteiger charge is -2.45. The average molecular weight is 486 g/mol. The fourth-order valence-corrected chi connectivity index (χ4v) is 6.86. The molecule has 5 rings (SSSR count). The molecule has 3 aliphatic rings. The first-order valence-corrected chi connectivity index (χ1v) is 13.9. The van der Waals surface area contributed by atoms with Gasteiger partial charge in [-0.15, -0.1) is 11.3 Å². The summed E-state index contributed by atoms with van der Waals surface area (Å²) in [5, 5.41) is 3.35. The number of fused-ring (bicyclic) bond motifs is 3. The van der Waals surface area contributed by atoms with E-state index in [0.29, 0.717) is 13.1 Å². The zero-order chi connectivity index (χ0) is 23.9. The highest BCUT2D eigenvalue weighted by molar-refractivity contribution is 7.19. The standard InChI is InChI=1S/C26H39N5O2S/c1-4-20-16-21-23(34-20)17-22-24(32)31(15-14-29-12-10-28(3)11-13-29)26(2,18-30(21)22)25(33)27-19-8-6-5-7-9-19/h16-17,19H,4-15,18H2,1-3H3,(H,27,33). The van der Waals surface area contributed by atoms with Gasteiger partial charge in [-0.2, -0.15) is 0 Å². The number of aryl methyl sites for hydroxylation is 1. The van der Waals surface area contributed by atoms with Gasteiger partial charge in [0.25, 0.3) is 5.91 Å². The van der Waals surface area contributed by atoms with Crippen LogP contribution in [-0.2, 0) is 17.8 Å². The van der Waals surface area contributed by atoms with Gasteiger partial charge in [-0.05, 0) is 45.4 Å². The summed E-state index contributed by atoms with van der Waals surface area (Å²) in [6.45, 7) is 10.2. The summed E-state index contributed by atoms with van der Waals surface area (Å²) in [5.74, 6) is -0.00677. The molecule has 0 aromatic carbocycles. The van der Waals surface area contributed by atoms with E-state index in [-0.39, 0.29) is 17.9 Å². The van der Waals surface area contributed by atoms with Gasteiger partial charge in [0, 0.05) is 50.2 Å². The fraction of sp³-hybridized carbons (Fsp3) is 0.692. The number of carbonyl (C=O) groups excluding carboxylic acids is 2. The summed E-state index contributed by atoms with van der Waals surface area (Å²) in [7, 11) is 2.15. The highest BCUT2D eigenvalue weighted by Gasteiger charge is 2.48. The topological polar surface area (TPSA) is 60.8 Å². The van der Waals surface area contributed by atoms with Crippen LogP contribution in [0.5, 0.6) is 0 Å². The van der Waals surface area contributed by atoms with Gasteiger partial charge >= 0.3 is 0 Å². The van der Waals surface area contributed by atoms with Crippen LogP contribution in [0.4, 0.5) is 0 Å². The molecule has 8 heteroatoms. The SMILES string of the molecule is CCc1cc2c(cc3n2CC(C)(C(=O)NC2CCCCC2)N(CCN2CCN(C)CC2)C3=O)s1. The Kier molecular flexibility index (Phi) is 6.75. The maximum atomic E-state index is 13.9. The molecular formula is C26H39N5O2S. The summed E-state index contributed by atoms with van der Waals surface area (Å²) in [6.07, 6.45) is 6.66. The second kappa shape index (κ2) is 9.63. The Morgan fingerprint density at radius 2 is 1.85 bits per heavy atom. The van der Waals surface area contributed by atoms with E-state index in [0.717, 1.165) is 67.9 Å². The molecule has 1 unspecified atom stereocenters. The molecule has 1 aliphatic carbocycles. The van der Waals surface area contributed by atoms with Gasteiger partial charge < -0.3 is 19.7 Å². The van der Waals surface area contributed by atoms with Gasteiger partial charge in [-0.25, -0.2) is 0 Å². The number of nitrogens with one attached hydrogen (secondary N) is 1. The maximum Gasteiger partial charge on any atom is 0.271 e. The van der Waals surface area contributed by atoms with Crippen LogP contribution in [0.15, 0.2) is 12.1 Å². The van der Waals surface area contributed by atoms with Crippen LogP contribution < -0.4 is 5.32 Å². The first kappa shape index (κ1) is 23.8. The molecule has 186 valence electrons. The number of aromatic nitrogens is 1. The Labute approximate surface area is 207 Å². The van der Waals surface area contributed by atoms with Crippen molar-refractivity contribution < 1.29 is 9.59 Å². The van der Waals surface area contributed by atoms with E-state index in [1.165, 1.54) is 24.1 Å². The molecular weight excluding hydrogens is 446 g/mol. The molecule has 1 N–H and O–H groups in total. The normalized spacial score (nSPS) is 25.1. The Morgan fingerprint density at radius 1 is 1.12 bits per heavy atom. The van der Waals surface area contributed by atoms with Crippen molar-refractivity contribution >= 4 is 33.4 Å². The van der Waals surface area contributed by atoms with Gasteiger partial charge in [-0.1, -0.05) is 26.2 Å². The molecule has 4 heterocycles. The number of piperazine rings is 1. The zero-order valence-electron chi connectivity index (χ0n) is 20.9. The summed E-state index contributed by atoms with van der Waals surface area (Å²) < 4.78 is 3.26. The minimum atomic E-state index is -0.894. The van der Waals surface area contributed by atoms with E-state index in [1.807, 2.05) is 17.9 Å². The highest BCUT2D eigenvalue weighted by Crippen LogP contribution is 2.36. The number of likely N-dealkylation sites (N-methyl/N-ethyl adjacent to an activating group) is 1. The van der Waals surface area contributed by atoms with Crippen molar-refractivity contribution in [3.63, 3.8) is 0 Å². The van der Waals surface area contributed by atoms with Gasteiger partial charge in [-0.3, -0.25) is 14.5 Å². The van der Waals surface area contributed by atoms with Gasteiger partial charge in [0.1, 0.15) is 11.2 Å². The third kappa shape index (κ3) is 4.40. The van der Waals surface area contributed by atoms with E-state index in [2.05, 4.69) is 39.7 Å². The van der Waals surface area contributed by atoms with Crippen LogP contribution in [0.2, 0.25) is 0 Å². The Hall–Kier alpha value is -1.90. The molecule has 0 bridgehead atoms. The van der Waals surface area contributed by atoms with E-state index in [9.17, 15) is 9.59 Å². The third-order valence-electron chi connectivity index (χ3n) is 8.18. The molecule has 2 amide bonds. The highest BCUT2D eigenvalue weighted by atomic mass is 32.1. The predicted octanol–water partition coefficient (Wildman–Crippen LogP) is 3.18. The molecule has 2 fully saturated rings. The second-order valence-electron chi connectivity index (χ2n) is 10.6. The average Bonchev–Trinajstić information content (AvgIpc) is 3.39. The van der Waals surface area contributed by atoms with Crippen molar-refractivity contribution in [2.45, 2.75) is 70.5 Å². The Balaban J connectivity index is 1.43. The monoisotopic (exact) mass is 485 g/mol. The van der Waals surface area contributed by atoms with Crippen molar-refractivity contribution in [2.75, 3.05) is 46.3 Å². The minimum Gasteiger partial charge on any atom is -0.351 e. The molecule has 7 nitrogen and oxygen atoms in total. The van der Waals surface area contributed by atoms with Crippen molar-refractivity contribution in [2.24, 2.45) is 0 Å². The number of rotatable bonds is 6. The van der Waals surface area contributed by atoms with E-state index < -0.39 is 5.54 Å². The number of amides is 2. The van der Waals surface area contributed by atoms with Crippen LogP contribution in [0, 0.1) is 0 Å². The first-order valence-electron chi connectivity index (χ1n) is 13.0. The van der Waals surface area contributed by atoms with E-state index in [4.69, 9.17) is 0 Å². The van der Waals surface area contributed by atoms with Crippen LogP contribution >= 0.6 is 11.3 Å². The van der Waals surface area contributed by atoms with Gasteiger partial charge in [0.2, 0.25) is 5.91 Å². The van der Waals surface area contributed by atoms with Crippen LogP contribution in [0.3, 0.4) is 0 Å². The molecule has 0 radical (unpaired) electrons. The fourth-order valence-electron chi connectivity index (χ4n) is 5.81. The second-order valence-corrected chi connectivity index (χ2v) is 11.8. The molecule has 34 heavy (non-hydrogen) atoms. The molecule has 2 aromatic rings. The third-order valence-corrected chi connectivity index (χ3v) is 9.40. The number of hydrogen-bond acceptors (Lipinski definition) is 5. The predicted molar refractivity (Wildman–Crippen MR) is 138 cm³/mol. The number of hydrogen-bond donors (Lipinski definition) is 1. The molecule has 0 spiro atoms. The molecule has 1 atom stereocenters. The van der Waals surface area contributed by atoms with Crippen molar-refractivity contribution in [1.29, 1.82) is 0 Å². The van der Waals surface area contributed by atoms with Gasteiger partial charge in [0.05, 0.1) is 16.8 Å². The maximum absolute atomic E-state index is 13.9. The van der Waals surface area contributed by atoms with E-state index >= 15 is 0 Å². The van der Waals surface area contributed by atoms with Crippen molar-refractivity contribution in [1.82, 2.24) is 24.6 Å². The minimum absolute atomic E-state index is 0.00423. The quantitative estimate of drug-likeness (QED) is 0.683. The Morgan fingerprint density at radius 3 is 2.56 bits per heavy atom. The van der Waals surface area contributed by atoms with Gasteiger partial charge in [0.15, 0.2) is 0 Å². The summed E-state index contributed by atoms with van der Waals surface area (Å²) in [6, 6.07) is 4.48. The number of thiophene rings is 1. The summed E-state index contributed by atoms with van der Waals surface area (Å²) in [5.41, 5.74) is 0.930. The first-order chi connectivity index (χ1) is 16.4. The lowest BCUT2D eigenvalue weighted by Crippen LogP contribution is -2.66. The smallest absolute Gasteiger partial charge is 0.271 e. The van der Waals surface area contributed by atoms with E-state index in [1.54, 1.807) is 11.3 Å². The van der Waals surface area contributed by atoms with Crippen LogP contribution in [-0.4, -0.2) is 89.0 Å². The lowest BCUT2D eigenvalue weighted by atomic mass is 9.91. The molecule has 2 aliphatic heterocycles. The van der Waals surface area contributed by atoms with Crippen LogP contribution in [0.1, 0.15) is 61.3 Å². The summed E-state index contributed by atoms with van der Waals surface area (Å²) in [4.78, 5) is 35.7. The molecule has 2 aromatic heterocycles. The molecule has 1 saturated carbocycles. The molecule has 1 saturated heterocycles. The summed E-state index contributed by atoms with van der Waals surface area (Å²) >= 11 is 1.76.